The van der Waals surface area contributed by atoms with Crippen LogP contribution in [-0.4, -0.2) is 53.5 Å². The van der Waals surface area contributed by atoms with Gasteiger partial charge in [0.1, 0.15) is 0 Å². The second-order valence-corrected chi connectivity index (χ2v) is 7.75. The van der Waals surface area contributed by atoms with Crippen LogP contribution in [0, 0.1) is 0 Å². The summed E-state index contributed by atoms with van der Waals surface area (Å²) in [6, 6.07) is 0.191. The Balaban J connectivity index is 0. The van der Waals surface area contributed by atoms with Gasteiger partial charge in [0, 0.05) is 41.0 Å². The van der Waals surface area contributed by atoms with Gasteiger partial charge in [0.05, 0.1) is 13.2 Å². The van der Waals surface area contributed by atoms with Crippen LogP contribution in [0.4, 0.5) is 0 Å². The standard InChI is InChI=1S/C13H29N3O2S.HI/c1-7-14-12(16-11(2)10-18-6)15-8-9-19(17)13(3,4)5;/h11H,7-10H2,1-6H3,(H2,14,15,16);1H. The Morgan fingerprint density at radius 1 is 1.40 bits per heavy atom. The second kappa shape index (κ2) is 11.7. The first kappa shape index (κ1) is 22.4. The van der Waals surface area contributed by atoms with Crippen LogP contribution in [0.3, 0.4) is 0 Å². The molecule has 20 heavy (non-hydrogen) atoms. The molecular weight excluding hydrogens is 389 g/mol. The summed E-state index contributed by atoms with van der Waals surface area (Å²) in [5, 5.41) is 6.41. The highest BCUT2D eigenvalue weighted by atomic mass is 127. The van der Waals surface area contributed by atoms with Gasteiger partial charge in [-0.2, -0.15) is 0 Å². The first-order valence-electron chi connectivity index (χ1n) is 6.73. The van der Waals surface area contributed by atoms with E-state index in [0.717, 1.165) is 12.5 Å². The summed E-state index contributed by atoms with van der Waals surface area (Å²) in [6.07, 6.45) is 0. The third-order valence-electron chi connectivity index (χ3n) is 2.37. The lowest BCUT2D eigenvalue weighted by molar-refractivity contribution is 0.179. The number of hydrogen-bond acceptors (Lipinski definition) is 3. The third kappa shape index (κ3) is 10.8. The van der Waals surface area contributed by atoms with E-state index in [1.807, 2.05) is 34.6 Å². The molecule has 0 aromatic carbocycles. The number of nitrogens with one attached hydrogen (secondary N) is 2. The van der Waals surface area contributed by atoms with Gasteiger partial charge in [-0.3, -0.25) is 9.20 Å². The van der Waals surface area contributed by atoms with E-state index in [1.165, 1.54) is 0 Å². The fraction of sp³-hybridized carbons (Fsp3) is 0.923. The Bertz CT molecular complexity index is 306. The zero-order valence-corrected chi connectivity index (χ0v) is 16.6. The maximum Gasteiger partial charge on any atom is 0.191 e. The molecule has 0 aliphatic carbocycles. The van der Waals surface area contributed by atoms with E-state index in [0.29, 0.717) is 18.9 Å². The van der Waals surface area contributed by atoms with Crippen LogP contribution in [0.5, 0.6) is 0 Å². The van der Waals surface area contributed by atoms with E-state index in [4.69, 9.17) is 4.74 Å². The van der Waals surface area contributed by atoms with Crippen molar-refractivity contribution in [1.29, 1.82) is 0 Å². The molecule has 122 valence electrons. The summed E-state index contributed by atoms with van der Waals surface area (Å²) in [5.74, 6) is 1.33. The van der Waals surface area contributed by atoms with Crippen molar-refractivity contribution in [3.05, 3.63) is 0 Å². The average Bonchev–Trinajstić information content (AvgIpc) is 2.28. The first-order chi connectivity index (χ1) is 8.81. The van der Waals surface area contributed by atoms with Gasteiger partial charge in [0.15, 0.2) is 5.96 Å². The highest BCUT2D eigenvalue weighted by Crippen LogP contribution is 2.10. The molecule has 0 fully saturated rings. The van der Waals surface area contributed by atoms with Gasteiger partial charge in [0.25, 0.3) is 0 Å². The van der Waals surface area contributed by atoms with Gasteiger partial charge in [-0.25, -0.2) is 0 Å². The molecule has 0 saturated carbocycles. The number of guanidine groups is 1. The Kier molecular flexibility index (Phi) is 13.1. The third-order valence-corrected chi connectivity index (χ3v) is 4.29. The van der Waals surface area contributed by atoms with Crippen molar-refractivity contribution in [2.45, 2.75) is 45.4 Å². The largest absolute Gasteiger partial charge is 0.383 e. The molecule has 0 bridgehead atoms. The molecule has 5 nitrogen and oxygen atoms in total. The predicted molar refractivity (Wildman–Crippen MR) is 98.6 cm³/mol. The van der Waals surface area contributed by atoms with Crippen LogP contribution in [-0.2, 0) is 15.5 Å². The Labute approximate surface area is 143 Å². The van der Waals surface area contributed by atoms with E-state index in [2.05, 4.69) is 15.6 Å². The Morgan fingerprint density at radius 3 is 2.45 bits per heavy atom. The quantitative estimate of drug-likeness (QED) is 0.375. The van der Waals surface area contributed by atoms with Crippen molar-refractivity contribution in [2.24, 2.45) is 4.99 Å². The van der Waals surface area contributed by atoms with Crippen molar-refractivity contribution in [3.63, 3.8) is 0 Å². The monoisotopic (exact) mass is 419 g/mol. The van der Waals surface area contributed by atoms with Crippen LogP contribution in [0.1, 0.15) is 34.6 Å². The number of methoxy groups -OCH3 is 1. The highest BCUT2D eigenvalue weighted by molar-refractivity contribution is 14.0. The molecule has 0 aliphatic heterocycles. The van der Waals surface area contributed by atoms with Gasteiger partial charge >= 0.3 is 0 Å². The molecule has 0 radical (unpaired) electrons. The van der Waals surface area contributed by atoms with Crippen molar-refractivity contribution < 1.29 is 8.95 Å². The summed E-state index contributed by atoms with van der Waals surface area (Å²) in [4.78, 5) is 4.43. The molecule has 0 rings (SSSR count). The molecule has 2 unspecified atom stereocenters. The summed E-state index contributed by atoms with van der Waals surface area (Å²) in [6.45, 7) is 12.0. The number of hydrogen-bond donors (Lipinski definition) is 2. The van der Waals surface area contributed by atoms with Crippen LogP contribution in [0.15, 0.2) is 4.99 Å². The van der Waals surface area contributed by atoms with Gasteiger partial charge in [-0.15, -0.1) is 24.0 Å². The highest BCUT2D eigenvalue weighted by Gasteiger charge is 2.18. The molecular formula is C13H30IN3O2S. The summed E-state index contributed by atoms with van der Waals surface area (Å²) < 4.78 is 16.8. The van der Waals surface area contributed by atoms with E-state index in [-0.39, 0.29) is 34.8 Å². The van der Waals surface area contributed by atoms with Crippen LogP contribution >= 0.6 is 24.0 Å². The van der Waals surface area contributed by atoms with Crippen molar-refractivity contribution >= 4 is 40.7 Å². The molecule has 0 aliphatic rings. The molecule has 0 aromatic rings. The van der Waals surface area contributed by atoms with E-state index in [9.17, 15) is 4.21 Å². The predicted octanol–water partition coefficient (Wildman–Crippen LogP) is 1.74. The lowest BCUT2D eigenvalue weighted by Crippen LogP contribution is -2.44. The van der Waals surface area contributed by atoms with Gasteiger partial charge in [0.2, 0.25) is 0 Å². The van der Waals surface area contributed by atoms with Crippen LogP contribution < -0.4 is 10.6 Å². The zero-order chi connectivity index (χ0) is 14.9. The second-order valence-electron chi connectivity index (χ2n) is 5.42. The number of ether oxygens (including phenoxy) is 1. The molecule has 0 heterocycles. The number of aliphatic imine (C=N–C) groups is 1. The van der Waals surface area contributed by atoms with Gasteiger partial charge in [-0.05, 0) is 34.6 Å². The Morgan fingerprint density at radius 2 is 2.00 bits per heavy atom. The summed E-state index contributed by atoms with van der Waals surface area (Å²) in [7, 11) is 0.814. The minimum Gasteiger partial charge on any atom is -0.383 e. The molecule has 0 saturated heterocycles. The van der Waals surface area contributed by atoms with E-state index >= 15 is 0 Å². The normalized spacial score (nSPS) is 15.2. The lowest BCUT2D eigenvalue weighted by atomic mass is 10.3. The van der Waals surface area contributed by atoms with E-state index in [1.54, 1.807) is 7.11 Å². The number of nitrogens with zero attached hydrogens (tertiary/aromatic N) is 1. The topological polar surface area (TPSA) is 62.7 Å². The smallest absolute Gasteiger partial charge is 0.191 e. The maximum absolute atomic E-state index is 11.9. The molecule has 0 aromatic heterocycles. The molecule has 7 heteroatoms. The van der Waals surface area contributed by atoms with Crippen LogP contribution in [0.2, 0.25) is 0 Å². The number of halogens is 1. The van der Waals surface area contributed by atoms with Crippen molar-refractivity contribution in [2.75, 3.05) is 32.6 Å². The van der Waals surface area contributed by atoms with Gasteiger partial charge < -0.3 is 15.4 Å². The summed E-state index contributed by atoms with van der Waals surface area (Å²) in [5.41, 5.74) is 0. The van der Waals surface area contributed by atoms with Crippen molar-refractivity contribution in [1.82, 2.24) is 10.6 Å². The minimum atomic E-state index is -0.861. The molecule has 2 N–H and O–H groups in total. The molecule has 0 amide bonds. The summed E-state index contributed by atoms with van der Waals surface area (Å²) >= 11 is 0. The average molecular weight is 419 g/mol. The fourth-order valence-electron chi connectivity index (χ4n) is 1.39. The molecule has 2 atom stereocenters. The fourth-order valence-corrected chi connectivity index (χ4v) is 2.26. The maximum atomic E-state index is 11.9. The lowest BCUT2D eigenvalue weighted by Gasteiger charge is -2.18. The first-order valence-corrected chi connectivity index (χ1v) is 8.05. The molecule has 0 spiro atoms. The Hall–Kier alpha value is 0.110. The minimum absolute atomic E-state index is 0. The van der Waals surface area contributed by atoms with Crippen LogP contribution in [0.25, 0.3) is 0 Å². The number of rotatable bonds is 7. The van der Waals surface area contributed by atoms with Gasteiger partial charge in [-0.1, -0.05) is 0 Å². The SMILES string of the molecule is CCNC(=NCCS(=O)C(C)(C)C)NC(C)COC.I. The van der Waals surface area contributed by atoms with Crippen molar-refractivity contribution in [3.8, 4) is 0 Å². The van der Waals surface area contributed by atoms with E-state index < -0.39 is 10.8 Å². The zero-order valence-electron chi connectivity index (χ0n) is 13.5.